The average Bonchev–Trinajstić information content (AvgIpc) is 2.89. The number of aliphatic hydroxyl groups excluding tert-OH is 1. The van der Waals surface area contributed by atoms with Gasteiger partial charge in [-0.2, -0.15) is 0 Å². The number of aliphatic hydroxyl groups is 1. The van der Waals surface area contributed by atoms with Crippen LogP contribution in [0.5, 0.6) is 0 Å². The molecule has 0 amide bonds. The minimum atomic E-state index is -0.373. The molecule has 22 heavy (non-hydrogen) atoms. The maximum absolute atomic E-state index is 11.3. The number of carbonyl (C=O) groups excluding carboxylic acids is 1. The molecule has 0 spiro atoms. The van der Waals surface area contributed by atoms with Crippen molar-refractivity contribution in [2.45, 2.75) is 19.4 Å². The fraction of sp³-hybridized carbons (Fsp3) is 0.353. The largest absolute Gasteiger partial charge is 0.391 e. The van der Waals surface area contributed by atoms with Gasteiger partial charge in [0.25, 0.3) is 0 Å². The first-order chi connectivity index (χ1) is 10.6. The number of hydrogen-bond donors (Lipinski definition) is 1. The molecule has 2 aromatic heterocycles. The minimum Gasteiger partial charge on any atom is -0.391 e. The van der Waals surface area contributed by atoms with Crippen LogP contribution in [0.3, 0.4) is 0 Å². The molecule has 0 unspecified atom stereocenters. The zero-order valence-corrected chi connectivity index (χ0v) is 12.5. The Kier molecular flexibility index (Phi) is 4.15. The molecule has 0 aromatic carbocycles. The van der Waals surface area contributed by atoms with Gasteiger partial charge < -0.3 is 10.0 Å². The topological polar surface area (TPSA) is 66.3 Å². The molecule has 1 saturated heterocycles. The van der Waals surface area contributed by atoms with E-state index in [1.54, 1.807) is 24.7 Å². The fourth-order valence-electron chi connectivity index (χ4n) is 2.84. The highest BCUT2D eigenvalue weighted by molar-refractivity contribution is 5.93. The first-order valence-electron chi connectivity index (χ1n) is 7.42. The van der Waals surface area contributed by atoms with Gasteiger partial charge in [-0.15, -0.1) is 0 Å². The molecule has 3 heterocycles. The van der Waals surface area contributed by atoms with Crippen LogP contribution in [0.2, 0.25) is 0 Å². The van der Waals surface area contributed by atoms with Crippen LogP contribution in [-0.4, -0.2) is 40.1 Å². The van der Waals surface area contributed by atoms with Crippen molar-refractivity contribution in [3.63, 3.8) is 0 Å². The van der Waals surface area contributed by atoms with Gasteiger partial charge in [0, 0.05) is 43.2 Å². The summed E-state index contributed by atoms with van der Waals surface area (Å²) in [5.74, 6) is 0.994. The van der Waals surface area contributed by atoms with Gasteiger partial charge in [0.1, 0.15) is 5.82 Å². The van der Waals surface area contributed by atoms with E-state index in [1.807, 2.05) is 18.2 Å². The van der Waals surface area contributed by atoms with E-state index in [0.717, 1.165) is 18.8 Å². The van der Waals surface area contributed by atoms with E-state index < -0.39 is 0 Å². The molecule has 5 nitrogen and oxygen atoms in total. The van der Waals surface area contributed by atoms with Gasteiger partial charge in [-0.3, -0.25) is 9.78 Å². The third-order valence-corrected chi connectivity index (χ3v) is 4.13. The summed E-state index contributed by atoms with van der Waals surface area (Å²) >= 11 is 0. The van der Waals surface area contributed by atoms with Gasteiger partial charge >= 0.3 is 0 Å². The van der Waals surface area contributed by atoms with Crippen LogP contribution < -0.4 is 4.90 Å². The second kappa shape index (κ2) is 6.23. The first kappa shape index (κ1) is 14.7. The lowest BCUT2D eigenvalue weighted by molar-refractivity contribution is 0.101. The van der Waals surface area contributed by atoms with Crippen LogP contribution in [0.4, 0.5) is 5.82 Å². The molecule has 2 aromatic rings. The van der Waals surface area contributed by atoms with Crippen molar-refractivity contribution in [2.24, 2.45) is 5.92 Å². The van der Waals surface area contributed by atoms with Gasteiger partial charge in [-0.25, -0.2) is 4.98 Å². The Balaban J connectivity index is 1.68. The van der Waals surface area contributed by atoms with Crippen molar-refractivity contribution in [3.8, 4) is 0 Å². The number of carbonyl (C=O) groups is 1. The predicted octanol–water partition coefficient (Wildman–Crippen LogP) is 1.72. The number of rotatable bonds is 4. The van der Waals surface area contributed by atoms with Gasteiger partial charge in [0.2, 0.25) is 0 Å². The standard InChI is InChI=1S/C17H19N3O2/c1-12(21)14-2-3-17(19-9-14)20-10-15(16(22)11-20)8-13-4-6-18-7-5-13/h2-7,9,15-16,22H,8,10-11H2,1H3/t15-,16+/m1/s1. The molecule has 0 bridgehead atoms. The number of β-amino-alcohol motifs (C(OH)–C–C–N with tert-alkyl or cyclic N) is 1. The Bertz CT molecular complexity index is 643. The zero-order chi connectivity index (χ0) is 15.5. The monoisotopic (exact) mass is 297 g/mol. The summed E-state index contributed by atoms with van der Waals surface area (Å²) in [4.78, 5) is 21.7. The van der Waals surface area contributed by atoms with E-state index in [2.05, 4.69) is 14.9 Å². The van der Waals surface area contributed by atoms with Gasteiger partial charge in [-0.1, -0.05) is 0 Å². The molecule has 2 atom stereocenters. The number of hydrogen-bond acceptors (Lipinski definition) is 5. The highest BCUT2D eigenvalue weighted by atomic mass is 16.3. The van der Waals surface area contributed by atoms with Crippen LogP contribution in [0.25, 0.3) is 0 Å². The SMILES string of the molecule is CC(=O)c1ccc(N2C[C@@H](Cc3ccncc3)[C@@H](O)C2)nc1. The normalized spacial score (nSPS) is 21.1. The summed E-state index contributed by atoms with van der Waals surface area (Å²) in [7, 11) is 0. The van der Waals surface area contributed by atoms with Crippen LogP contribution >= 0.6 is 0 Å². The predicted molar refractivity (Wildman–Crippen MR) is 83.9 cm³/mol. The summed E-state index contributed by atoms with van der Waals surface area (Å²) in [6, 6.07) is 7.59. The summed E-state index contributed by atoms with van der Waals surface area (Å²) in [6.07, 6.45) is 5.60. The van der Waals surface area contributed by atoms with E-state index in [-0.39, 0.29) is 17.8 Å². The molecule has 1 fully saturated rings. The molecule has 1 N–H and O–H groups in total. The second-order valence-electron chi connectivity index (χ2n) is 5.75. The van der Waals surface area contributed by atoms with Crippen molar-refractivity contribution < 1.29 is 9.90 Å². The molecule has 5 heteroatoms. The van der Waals surface area contributed by atoms with Crippen LogP contribution in [0.1, 0.15) is 22.8 Å². The Morgan fingerprint density at radius 1 is 1.27 bits per heavy atom. The summed E-state index contributed by atoms with van der Waals surface area (Å²) < 4.78 is 0. The zero-order valence-electron chi connectivity index (χ0n) is 12.5. The molecule has 1 aliphatic rings. The van der Waals surface area contributed by atoms with E-state index >= 15 is 0 Å². The maximum Gasteiger partial charge on any atom is 0.161 e. The van der Waals surface area contributed by atoms with Crippen LogP contribution in [-0.2, 0) is 6.42 Å². The smallest absolute Gasteiger partial charge is 0.161 e. The fourth-order valence-corrected chi connectivity index (χ4v) is 2.84. The molecule has 3 rings (SSSR count). The number of aromatic nitrogens is 2. The van der Waals surface area contributed by atoms with Crippen molar-refractivity contribution in [2.75, 3.05) is 18.0 Å². The van der Waals surface area contributed by atoms with Crippen molar-refractivity contribution in [1.82, 2.24) is 9.97 Å². The quantitative estimate of drug-likeness (QED) is 0.870. The minimum absolute atomic E-state index is 0.0103. The first-order valence-corrected chi connectivity index (χ1v) is 7.42. The van der Waals surface area contributed by atoms with E-state index in [1.165, 1.54) is 12.5 Å². The third-order valence-electron chi connectivity index (χ3n) is 4.13. The van der Waals surface area contributed by atoms with E-state index in [0.29, 0.717) is 12.1 Å². The van der Waals surface area contributed by atoms with Gasteiger partial charge in [-0.05, 0) is 43.2 Å². The second-order valence-corrected chi connectivity index (χ2v) is 5.75. The lowest BCUT2D eigenvalue weighted by Gasteiger charge is -2.17. The lowest BCUT2D eigenvalue weighted by atomic mass is 9.97. The number of ketones is 1. The number of anilines is 1. The molecular formula is C17H19N3O2. The molecule has 0 saturated carbocycles. The highest BCUT2D eigenvalue weighted by Gasteiger charge is 2.32. The molecule has 0 aliphatic carbocycles. The van der Waals surface area contributed by atoms with Crippen molar-refractivity contribution in [3.05, 3.63) is 54.0 Å². The van der Waals surface area contributed by atoms with Gasteiger partial charge in [0.15, 0.2) is 5.78 Å². The lowest BCUT2D eigenvalue weighted by Crippen LogP contribution is -2.22. The van der Waals surface area contributed by atoms with Crippen LogP contribution in [0.15, 0.2) is 42.9 Å². The molecular weight excluding hydrogens is 278 g/mol. The molecule has 0 radical (unpaired) electrons. The number of nitrogens with zero attached hydrogens (tertiary/aromatic N) is 3. The Morgan fingerprint density at radius 3 is 2.68 bits per heavy atom. The molecule has 1 aliphatic heterocycles. The summed E-state index contributed by atoms with van der Waals surface area (Å²) in [6.45, 7) is 2.86. The Labute approximate surface area is 129 Å². The number of Topliss-reactive ketones (excluding diaryl/α,β-unsaturated/α-hetero) is 1. The average molecular weight is 297 g/mol. The maximum atomic E-state index is 11.3. The van der Waals surface area contributed by atoms with Gasteiger partial charge in [0.05, 0.1) is 6.10 Å². The summed E-state index contributed by atoms with van der Waals surface area (Å²) in [5, 5.41) is 10.3. The van der Waals surface area contributed by atoms with Crippen LogP contribution in [0, 0.1) is 5.92 Å². The van der Waals surface area contributed by atoms with Crippen molar-refractivity contribution in [1.29, 1.82) is 0 Å². The molecule has 114 valence electrons. The van der Waals surface area contributed by atoms with E-state index in [4.69, 9.17) is 0 Å². The Morgan fingerprint density at radius 2 is 2.05 bits per heavy atom. The highest BCUT2D eigenvalue weighted by Crippen LogP contribution is 2.25. The summed E-state index contributed by atoms with van der Waals surface area (Å²) in [5.41, 5.74) is 1.79. The Hall–Kier alpha value is -2.27. The van der Waals surface area contributed by atoms with E-state index in [9.17, 15) is 9.90 Å². The third kappa shape index (κ3) is 3.14. The van der Waals surface area contributed by atoms with Crippen molar-refractivity contribution >= 4 is 11.6 Å². The number of pyridine rings is 2.